The lowest BCUT2D eigenvalue weighted by molar-refractivity contribution is -0.123. The highest BCUT2D eigenvalue weighted by Gasteiger charge is 2.32. The molecule has 1 aliphatic rings. The maximum atomic E-state index is 13.3. The predicted molar refractivity (Wildman–Crippen MR) is 196 cm³/mol. The van der Waals surface area contributed by atoms with E-state index >= 15 is 0 Å². The Balaban J connectivity index is 1.00. The highest BCUT2D eigenvalue weighted by molar-refractivity contribution is 5.86. The standard InChI is InChI=1S/C41H48N4O5/c46-39(43-26-16-4-2-1-3-15-25-42-29-32(44-40(47)48)27-30-17-7-5-8-18-30)37(28-31-19-9-6-10-20-31)45-41(49)50-38-35-23-13-11-21-33(35)34-22-12-14-24-36(34)38/h5-14,17-24,32,37-38,42,44H,1-4,15-16,25-29H2,(H,43,46)(H,45,49)(H,47,48). The third kappa shape index (κ3) is 10.9. The molecule has 4 aromatic rings. The number of ether oxygens (including phenoxy) is 1. The van der Waals surface area contributed by atoms with E-state index in [0.717, 1.165) is 78.5 Å². The molecule has 9 heteroatoms. The minimum atomic E-state index is -1.01. The summed E-state index contributed by atoms with van der Waals surface area (Å²) in [6, 6.07) is 34.5. The van der Waals surface area contributed by atoms with Crippen LogP contribution in [0.15, 0.2) is 109 Å². The van der Waals surface area contributed by atoms with E-state index in [4.69, 9.17) is 4.74 Å². The number of rotatable bonds is 19. The van der Waals surface area contributed by atoms with Gasteiger partial charge in [0.15, 0.2) is 6.10 Å². The molecule has 262 valence electrons. The lowest BCUT2D eigenvalue weighted by atomic mass is 10.1. The van der Waals surface area contributed by atoms with Gasteiger partial charge in [-0.3, -0.25) is 4.79 Å². The summed E-state index contributed by atoms with van der Waals surface area (Å²) >= 11 is 0. The van der Waals surface area contributed by atoms with Crippen molar-refractivity contribution in [3.8, 4) is 11.1 Å². The Labute approximate surface area is 294 Å². The van der Waals surface area contributed by atoms with Gasteiger partial charge >= 0.3 is 12.2 Å². The molecular weight excluding hydrogens is 628 g/mol. The number of hydrogen-bond acceptors (Lipinski definition) is 5. The Morgan fingerprint density at radius 2 is 1.14 bits per heavy atom. The molecule has 5 N–H and O–H groups in total. The molecule has 0 saturated heterocycles. The highest BCUT2D eigenvalue weighted by Crippen LogP contribution is 2.45. The third-order valence-electron chi connectivity index (χ3n) is 9.02. The van der Waals surface area contributed by atoms with E-state index in [9.17, 15) is 19.5 Å². The molecule has 0 aliphatic heterocycles. The number of carbonyl (C=O) groups excluding carboxylic acids is 2. The Kier molecular flexibility index (Phi) is 13.8. The summed E-state index contributed by atoms with van der Waals surface area (Å²) in [6.45, 7) is 1.95. The number of nitrogens with one attached hydrogen (secondary N) is 4. The molecule has 3 amide bonds. The summed E-state index contributed by atoms with van der Waals surface area (Å²) in [5.41, 5.74) is 6.02. The maximum absolute atomic E-state index is 13.3. The first-order chi connectivity index (χ1) is 24.5. The van der Waals surface area contributed by atoms with Crippen LogP contribution in [0.5, 0.6) is 0 Å². The number of carbonyl (C=O) groups is 3. The van der Waals surface area contributed by atoms with Gasteiger partial charge in [-0.25, -0.2) is 9.59 Å². The van der Waals surface area contributed by atoms with Crippen molar-refractivity contribution in [3.63, 3.8) is 0 Å². The van der Waals surface area contributed by atoms with Crippen LogP contribution in [0.2, 0.25) is 0 Å². The summed E-state index contributed by atoms with van der Waals surface area (Å²) in [4.78, 5) is 37.8. The molecule has 1 aliphatic carbocycles. The van der Waals surface area contributed by atoms with Gasteiger partial charge < -0.3 is 31.1 Å². The van der Waals surface area contributed by atoms with Gasteiger partial charge in [-0.2, -0.15) is 0 Å². The fourth-order valence-corrected chi connectivity index (χ4v) is 6.52. The number of carboxylic acid groups (broad SMARTS) is 1. The fourth-order valence-electron chi connectivity index (χ4n) is 6.52. The SMILES string of the molecule is O=C(O)NC(CNCCCCCCCCNC(=O)C(Cc1ccccc1)NC(=O)OC1c2ccccc2-c2ccccc21)Cc1ccccc1. The molecule has 0 aromatic heterocycles. The van der Waals surface area contributed by atoms with E-state index in [0.29, 0.717) is 25.9 Å². The first-order valence-corrected chi connectivity index (χ1v) is 17.7. The second-order valence-electron chi connectivity index (χ2n) is 12.8. The van der Waals surface area contributed by atoms with Crippen molar-refractivity contribution in [1.29, 1.82) is 0 Å². The largest absolute Gasteiger partial charge is 0.465 e. The zero-order chi connectivity index (χ0) is 35.0. The van der Waals surface area contributed by atoms with E-state index in [-0.39, 0.29) is 11.9 Å². The van der Waals surface area contributed by atoms with Gasteiger partial charge in [0.25, 0.3) is 0 Å². The summed E-state index contributed by atoms with van der Waals surface area (Å²) in [6.07, 6.45) is 4.93. The van der Waals surface area contributed by atoms with Gasteiger partial charge in [0, 0.05) is 36.7 Å². The van der Waals surface area contributed by atoms with Gasteiger partial charge in [-0.1, -0.05) is 135 Å². The van der Waals surface area contributed by atoms with E-state index in [2.05, 4.69) is 21.3 Å². The lowest BCUT2D eigenvalue weighted by Crippen LogP contribution is -2.48. The van der Waals surface area contributed by atoms with Gasteiger partial charge in [-0.05, 0) is 48.1 Å². The van der Waals surface area contributed by atoms with Crippen molar-refractivity contribution < 1.29 is 24.2 Å². The monoisotopic (exact) mass is 676 g/mol. The van der Waals surface area contributed by atoms with Crippen LogP contribution in [0.4, 0.5) is 9.59 Å². The number of alkyl carbamates (subject to hydrolysis) is 1. The third-order valence-corrected chi connectivity index (χ3v) is 9.02. The van der Waals surface area contributed by atoms with E-state index in [1.807, 2.05) is 109 Å². The van der Waals surface area contributed by atoms with Crippen molar-refractivity contribution >= 4 is 18.1 Å². The van der Waals surface area contributed by atoms with Gasteiger partial charge in [0.2, 0.25) is 5.91 Å². The minimum absolute atomic E-state index is 0.180. The number of amides is 3. The second kappa shape index (κ2) is 19.1. The topological polar surface area (TPSA) is 129 Å². The normalized spacial score (nSPS) is 13.0. The number of fused-ring (bicyclic) bond motifs is 3. The van der Waals surface area contributed by atoms with Crippen molar-refractivity contribution in [3.05, 3.63) is 131 Å². The first-order valence-electron chi connectivity index (χ1n) is 17.7. The molecule has 4 aromatic carbocycles. The molecule has 0 bridgehead atoms. The first kappa shape index (κ1) is 36.1. The lowest BCUT2D eigenvalue weighted by Gasteiger charge is -2.21. The van der Waals surface area contributed by atoms with E-state index in [1.165, 1.54) is 0 Å². The molecule has 9 nitrogen and oxygen atoms in total. The van der Waals surface area contributed by atoms with Crippen LogP contribution in [0.3, 0.4) is 0 Å². The van der Waals surface area contributed by atoms with E-state index in [1.54, 1.807) is 0 Å². The molecule has 0 fully saturated rings. The Hall–Kier alpha value is -5.15. The summed E-state index contributed by atoms with van der Waals surface area (Å²) < 4.78 is 5.98. The minimum Gasteiger partial charge on any atom is -0.465 e. The van der Waals surface area contributed by atoms with Gasteiger partial charge in [0.05, 0.1) is 0 Å². The quantitative estimate of drug-likeness (QED) is 0.0680. The molecule has 2 atom stereocenters. The molecule has 0 heterocycles. The van der Waals surface area contributed by atoms with Crippen LogP contribution in [-0.4, -0.2) is 54.9 Å². The Morgan fingerprint density at radius 1 is 0.620 bits per heavy atom. The van der Waals surface area contributed by atoms with Crippen molar-refractivity contribution in [1.82, 2.24) is 21.3 Å². The Bertz CT molecular complexity index is 1620. The fraction of sp³-hybridized carbons (Fsp3) is 0.341. The molecule has 50 heavy (non-hydrogen) atoms. The average molecular weight is 677 g/mol. The average Bonchev–Trinajstić information content (AvgIpc) is 3.43. The van der Waals surface area contributed by atoms with Crippen molar-refractivity contribution in [2.45, 2.75) is 69.6 Å². The molecule has 0 radical (unpaired) electrons. The van der Waals surface area contributed by atoms with Gasteiger partial charge in [0.1, 0.15) is 6.04 Å². The summed E-state index contributed by atoms with van der Waals surface area (Å²) in [7, 11) is 0. The second-order valence-corrected chi connectivity index (χ2v) is 12.8. The number of benzene rings is 4. The predicted octanol–water partition coefficient (Wildman–Crippen LogP) is 7.02. The number of unbranched alkanes of at least 4 members (excludes halogenated alkanes) is 5. The number of hydrogen-bond donors (Lipinski definition) is 5. The molecule has 5 rings (SSSR count). The van der Waals surface area contributed by atoms with E-state index < -0.39 is 24.3 Å². The van der Waals surface area contributed by atoms with Crippen molar-refractivity contribution in [2.75, 3.05) is 19.6 Å². The van der Waals surface area contributed by atoms with Crippen LogP contribution in [-0.2, 0) is 22.4 Å². The van der Waals surface area contributed by atoms with Gasteiger partial charge in [-0.15, -0.1) is 0 Å². The van der Waals surface area contributed by atoms with Crippen LogP contribution < -0.4 is 21.3 Å². The highest BCUT2D eigenvalue weighted by atomic mass is 16.6. The summed E-state index contributed by atoms with van der Waals surface area (Å²) in [5, 5.41) is 21.1. The zero-order valence-electron chi connectivity index (χ0n) is 28.5. The summed E-state index contributed by atoms with van der Waals surface area (Å²) in [5.74, 6) is -0.230. The van der Waals surface area contributed by atoms with Crippen LogP contribution in [0, 0.1) is 0 Å². The Morgan fingerprint density at radius 3 is 1.74 bits per heavy atom. The molecular formula is C41H48N4O5. The zero-order valence-corrected chi connectivity index (χ0v) is 28.5. The smallest absolute Gasteiger partial charge is 0.408 e. The molecule has 2 unspecified atom stereocenters. The van der Waals surface area contributed by atoms with Crippen LogP contribution in [0.1, 0.15) is 66.9 Å². The molecule has 0 spiro atoms. The van der Waals surface area contributed by atoms with Crippen LogP contribution >= 0.6 is 0 Å². The van der Waals surface area contributed by atoms with Crippen LogP contribution in [0.25, 0.3) is 11.1 Å². The maximum Gasteiger partial charge on any atom is 0.408 e. The van der Waals surface area contributed by atoms with Crippen molar-refractivity contribution in [2.24, 2.45) is 0 Å². The molecule has 0 saturated carbocycles.